The zero-order chi connectivity index (χ0) is 21.3. The summed E-state index contributed by atoms with van der Waals surface area (Å²) in [5, 5.41) is 11.0. The standard InChI is InChI=1S/C21H15ClF2N4O2/c1-12-9-20(26-28(12)11-15-16(22)3-2-4-17(15)24)25-21(29)18-10-19(30-27-18)13-5-7-14(23)8-6-13/h2-10H,11H2,1H3,(H,25,26,29). The molecule has 0 fully saturated rings. The van der Waals surface area contributed by atoms with Crippen molar-refractivity contribution in [3.8, 4) is 11.3 Å². The summed E-state index contributed by atoms with van der Waals surface area (Å²) >= 11 is 6.07. The molecule has 4 rings (SSSR count). The third kappa shape index (κ3) is 4.08. The Morgan fingerprint density at radius 2 is 1.93 bits per heavy atom. The molecule has 2 aromatic carbocycles. The normalized spacial score (nSPS) is 10.9. The molecule has 0 radical (unpaired) electrons. The van der Waals surface area contributed by atoms with E-state index >= 15 is 0 Å². The molecule has 1 amide bonds. The minimum atomic E-state index is -0.527. The second-order valence-electron chi connectivity index (χ2n) is 6.57. The first kappa shape index (κ1) is 19.8. The molecule has 4 aromatic rings. The van der Waals surface area contributed by atoms with Gasteiger partial charge in [-0.25, -0.2) is 8.78 Å². The van der Waals surface area contributed by atoms with Gasteiger partial charge >= 0.3 is 0 Å². The Balaban J connectivity index is 1.49. The van der Waals surface area contributed by atoms with Crippen molar-refractivity contribution < 1.29 is 18.1 Å². The van der Waals surface area contributed by atoms with Gasteiger partial charge in [0.1, 0.15) is 11.6 Å². The number of rotatable bonds is 5. The summed E-state index contributed by atoms with van der Waals surface area (Å²) in [6, 6.07) is 13.2. The number of carbonyl (C=O) groups excluding carboxylic acids is 1. The van der Waals surface area contributed by atoms with Crippen molar-refractivity contribution in [2.75, 3.05) is 5.32 Å². The number of anilines is 1. The van der Waals surface area contributed by atoms with Crippen LogP contribution in [0.3, 0.4) is 0 Å². The highest BCUT2D eigenvalue weighted by Gasteiger charge is 2.17. The van der Waals surface area contributed by atoms with Crippen LogP contribution in [0.15, 0.2) is 59.1 Å². The first-order valence-corrected chi connectivity index (χ1v) is 9.30. The number of halogens is 3. The molecule has 0 aliphatic heterocycles. The van der Waals surface area contributed by atoms with Gasteiger partial charge in [-0.1, -0.05) is 22.8 Å². The largest absolute Gasteiger partial charge is 0.355 e. The average Bonchev–Trinajstić information content (AvgIpc) is 3.33. The van der Waals surface area contributed by atoms with Crippen LogP contribution < -0.4 is 5.32 Å². The van der Waals surface area contributed by atoms with Crippen molar-refractivity contribution in [2.24, 2.45) is 0 Å². The van der Waals surface area contributed by atoms with E-state index in [4.69, 9.17) is 16.1 Å². The summed E-state index contributed by atoms with van der Waals surface area (Å²) in [5.74, 6) is -0.731. The van der Waals surface area contributed by atoms with Crippen molar-refractivity contribution in [2.45, 2.75) is 13.5 Å². The molecular weight excluding hydrogens is 414 g/mol. The number of aromatic nitrogens is 3. The van der Waals surface area contributed by atoms with Gasteiger partial charge in [-0.05, 0) is 43.3 Å². The van der Waals surface area contributed by atoms with Crippen LogP contribution in [0.2, 0.25) is 5.02 Å². The van der Waals surface area contributed by atoms with Crippen LogP contribution in [-0.4, -0.2) is 20.8 Å². The SMILES string of the molecule is Cc1cc(NC(=O)c2cc(-c3ccc(F)cc3)on2)nn1Cc1c(F)cccc1Cl. The van der Waals surface area contributed by atoms with Gasteiger partial charge in [-0.15, -0.1) is 0 Å². The van der Waals surface area contributed by atoms with E-state index in [9.17, 15) is 13.6 Å². The Morgan fingerprint density at radius 3 is 2.67 bits per heavy atom. The molecule has 0 saturated carbocycles. The number of carbonyl (C=O) groups is 1. The van der Waals surface area contributed by atoms with Crippen LogP contribution in [0, 0.1) is 18.6 Å². The molecule has 0 bridgehead atoms. The minimum absolute atomic E-state index is 0.0404. The van der Waals surface area contributed by atoms with Crippen molar-refractivity contribution in [1.82, 2.24) is 14.9 Å². The van der Waals surface area contributed by atoms with E-state index in [-0.39, 0.29) is 23.9 Å². The molecule has 2 aromatic heterocycles. The molecule has 6 nitrogen and oxygen atoms in total. The Bertz CT molecular complexity index is 1200. The summed E-state index contributed by atoms with van der Waals surface area (Å²) < 4.78 is 33.8. The molecule has 0 aliphatic carbocycles. The maximum absolute atomic E-state index is 14.0. The van der Waals surface area contributed by atoms with Gasteiger partial charge in [0.2, 0.25) is 0 Å². The second-order valence-corrected chi connectivity index (χ2v) is 6.97. The number of nitrogens with one attached hydrogen (secondary N) is 1. The third-order valence-electron chi connectivity index (χ3n) is 4.46. The summed E-state index contributed by atoms with van der Waals surface area (Å²) in [6.45, 7) is 1.89. The third-order valence-corrected chi connectivity index (χ3v) is 4.82. The molecule has 9 heteroatoms. The molecule has 0 saturated heterocycles. The van der Waals surface area contributed by atoms with Crippen LogP contribution in [-0.2, 0) is 6.54 Å². The highest BCUT2D eigenvalue weighted by Crippen LogP contribution is 2.23. The predicted molar refractivity (Wildman–Crippen MR) is 107 cm³/mol. The Hall–Kier alpha value is -3.52. The van der Waals surface area contributed by atoms with Gasteiger partial charge in [0.25, 0.3) is 5.91 Å². The summed E-state index contributed by atoms with van der Waals surface area (Å²) in [4.78, 5) is 12.5. The molecule has 0 atom stereocenters. The lowest BCUT2D eigenvalue weighted by Gasteiger charge is -2.07. The number of aryl methyl sites for hydroxylation is 1. The van der Waals surface area contributed by atoms with Crippen molar-refractivity contribution in [3.63, 3.8) is 0 Å². The number of hydrogen-bond acceptors (Lipinski definition) is 4. The van der Waals surface area contributed by atoms with Gasteiger partial charge in [0.05, 0.1) is 6.54 Å². The fourth-order valence-corrected chi connectivity index (χ4v) is 3.10. The smallest absolute Gasteiger partial charge is 0.279 e. The van der Waals surface area contributed by atoms with E-state index in [1.807, 2.05) is 0 Å². The van der Waals surface area contributed by atoms with Gasteiger partial charge in [-0.3, -0.25) is 9.48 Å². The summed E-state index contributed by atoms with van der Waals surface area (Å²) in [7, 11) is 0. The molecule has 152 valence electrons. The van der Waals surface area contributed by atoms with E-state index in [0.717, 1.165) is 0 Å². The monoisotopic (exact) mass is 428 g/mol. The van der Waals surface area contributed by atoms with E-state index in [1.165, 1.54) is 47.1 Å². The fraction of sp³-hybridized carbons (Fsp3) is 0.0952. The first-order chi connectivity index (χ1) is 14.4. The minimum Gasteiger partial charge on any atom is -0.355 e. The van der Waals surface area contributed by atoms with Crippen molar-refractivity contribution >= 4 is 23.3 Å². The molecular formula is C21H15ClF2N4O2. The Labute approximate surface area is 175 Å². The fourth-order valence-electron chi connectivity index (χ4n) is 2.88. The molecule has 0 spiro atoms. The van der Waals surface area contributed by atoms with E-state index in [0.29, 0.717) is 27.6 Å². The second kappa shape index (κ2) is 8.08. The van der Waals surface area contributed by atoms with Gasteiger partial charge in [0.15, 0.2) is 17.3 Å². The quantitative estimate of drug-likeness (QED) is 0.481. The first-order valence-electron chi connectivity index (χ1n) is 8.92. The van der Waals surface area contributed by atoms with E-state index in [2.05, 4.69) is 15.6 Å². The van der Waals surface area contributed by atoms with Crippen molar-refractivity contribution in [3.05, 3.63) is 88.2 Å². The number of nitrogens with zero attached hydrogens (tertiary/aromatic N) is 3. The van der Waals surface area contributed by atoms with E-state index in [1.54, 1.807) is 19.1 Å². The lowest BCUT2D eigenvalue weighted by molar-refractivity contribution is 0.101. The maximum Gasteiger partial charge on any atom is 0.279 e. The summed E-state index contributed by atoms with van der Waals surface area (Å²) in [5.41, 5.74) is 1.64. The van der Waals surface area contributed by atoms with Crippen molar-refractivity contribution in [1.29, 1.82) is 0 Å². The number of hydrogen-bond donors (Lipinski definition) is 1. The zero-order valence-corrected chi connectivity index (χ0v) is 16.5. The molecule has 1 N–H and O–H groups in total. The van der Waals surface area contributed by atoms with Crippen LogP contribution in [0.5, 0.6) is 0 Å². The molecule has 30 heavy (non-hydrogen) atoms. The number of amides is 1. The molecule has 2 heterocycles. The summed E-state index contributed by atoms with van der Waals surface area (Å²) in [6.07, 6.45) is 0. The zero-order valence-electron chi connectivity index (χ0n) is 15.7. The Morgan fingerprint density at radius 1 is 1.17 bits per heavy atom. The average molecular weight is 429 g/mol. The lowest BCUT2D eigenvalue weighted by atomic mass is 10.1. The predicted octanol–water partition coefficient (Wildman–Crippen LogP) is 5.08. The van der Waals surface area contributed by atoms with Gasteiger partial charge in [0, 0.05) is 34.0 Å². The lowest BCUT2D eigenvalue weighted by Crippen LogP contribution is -2.13. The highest BCUT2D eigenvalue weighted by molar-refractivity contribution is 6.31. The number of benzene rings is 2. The topological polar surface area (TPSA) is 73.0 Å². The highest BCUT2D eigenvalue weighted by atomic mass is 35.5. The van der Waals surface area contributed by atoms with Crippen LogP contribution in [0.4, 0.5) is 14.6 Å². The van der Waals surface area contributed by atoms with Gasteiger partial charge < -0.3 is 9.84 Å². The Kier molecular flexibility index (Phi) is 5.33. The molecule has 0 aliphatic rings. The maximum atomic E-state index is 14.0. The molecule has 0 unspecified atom stereocenters. The van der Waals surface area contributed by atoms with Crippen LogP contribution >= 0.6 is 11.6 Å². The van der Waals surface area contributed by atoms with Crippen LogP contribution in [0.1, 0.15) is 21.7 Å². The van der Waals surface area contributed by atoms with Gasteiger partial charge in [-0.2, -0.15) is 5.10 Å². The van der Waals surface area contributed by atoms with E-state index < -0.39 is 11.7 Å². The van der Waals surface area contributed by atoms with Crippen LogP contribution in [0.25, 0.3) is 11.3 Å².